The highest BCUT2D eigenvalue weighted by molar-refractivity contribution is 5.77. The minimum absolute atomic E-state index is 0.303. The molecule has 0 spiro atoms. The van der Waals surface area contributed by atoms with Gasteiger partial charge in [0.05, 0.1) is 0 Å². The Hall–Kier alpha value is -1.78. The Balaban J connectivity index is 0.000000686. The summed E-state index contributed by atoms with van der Waals surface area (Å²) in [6, 6.07) is 0. The Kier molecular flexibility index (Phi) is 3.60. The zero-order valence-electron chi connectivity index (χ0n) is 11.1. The average Bonchev–Trinajstić information content (AvgIpc) is 2.63. The van der Waals surface area contributed by atoms with E-state index in [2.05, 4.69) is 0 Å². The first-order valence-corrected chi connectivity index (χ1v) is 5.61. The molecule has 0 radical (unpaired) electrons. The van der Waals surface area contributed by atoms with Crippen molar-refractivity contribution in [3.63, 3.8) is 0 Å². The molecule has 0 unspecified atom stereocenters. The van der Waals surface area contributed by atoms with Gasteiger partial charge in [0.1, 0.15) is 11.1 Å². The van der Waals surface area contributed by atoms with Crippen LogP contribution in [0.3, 0.4) is 0 Å². The predicted molar refractivity (Wildman–Crippen MR) is 67.5 cm³/mol. The maximum absolute atomic E-state index is 11.8. The molecule has 0 bridgehead atoms. The molecule has 0 aliphatic heterocycles. The second-order valence-electron chi connectivity index (χ2n) is 3.67. The average molecular weight is 238 g/mol. The van der Waals surface area contributed by atoms with Crippen molar-refractivity contribution in [3.05, 3.63) is 32.2 Å². The molecule has 17 heavy (non-hydrogen) atoms. The summed E-state index contributed by atoms with van der Waals surface area (Å²) in [5.41, 5.74) is 0.461. The van der Waals surface area contributed by atoms with Crippen molar-refractivity contribution in [1.82, 2.24) is 9.13 Å². The lowest BCUT2D eigenvalue weighted by molar-refractivity contribution is 0.535. The Morgan fingerprint density at radius 1 is 1.00 bits per heavy atom. The van der Waals surface area contributed by atoms with Gasteiger partial charge in [0.2, 0.25) is 5.71 Å². The number of furan rings is 1. The van der Waals surface area contributed by atoms with E-state index in [-0.39, 0.29) is 11.2 Å². The Bertz CT molecular complexity index is 659. The Morgan fingerprint density at radius 3 is 2.06 bits per heavy atom. The van der Waals surface area contributed by atoms with E-state index in [1.165, 1.54) is 11.6 Å². The fourth-order valence-corrected chi connectivity index (χ4v) is 1.66. The van der Waals surface area contributed by atoms with Gasteiger partial charge < -0.3 is 4.42 Å². The van der Waals surface area contributed by atoms with Crippen molar-refractivity contribution in [2.45, 2.75) is 27.7 Å². The van der Waals surface area contributed by atoms with Crippen LogP contribution in [0.4, 0.5) is 0 Å². The summed E-state index contributed by atoms with van der Waals surface area (Å²) < 4.78 is 7.83. The highest BCUT2D eigenvalue weighted by Gasteiger charge is 2.16. The van der Waals surface area contributed by atoms with Gasteiger partial charge in [0.25, 0.3) is 5.56 Å². The molecule has 2 rings (SSSR count). The molecule has 2 heterocycles. The van der Waals surface area contributed by atoms with Crippen LogP contribution in [0.1, 0.15) is 25.2 Å². The van der Waals surface area contributed by atoms with Crippen molar-refractivity contribution in [1.29, 1.82) is 0 Å². The zero-order chi connectivity index (χ0) is 13.3. The van der Waals surface area contributed by atoms with Gasteiger partial charge in [-0.05, 0) is 13.8 Å². The van der Waals surface area contributed by atoms with Gasteiger partial charge in [-0.25, -0.2) is 4.79 Å². The van der Waals surface area contributed by atoms with Crippen LogP contribution in [-0.2, 0) is 14.1 Å². The van der Waals surface area contributed by atoms with Gasteiger partial charge >= 0.3 is 5.69 Å². The summed E-state index contributed by atoms with van der Waals surface area (Å²) in [6.07, 6.45) is 0. The largest absolute Gasteiger partial charge is 0.444 e. The molecule has 0 aliphatic carbocycles. The number of rotatable bonds is 0. The van der Waals surface area contributed by atoms with Crippen LogP contribution in [0.25, 0.3) is 11.1 Å². The number of aromatic nitrogens is 2. The third-order valence-electron chi connectivity index (χ3n) is 2.76. The molecule has 5 nitrogen and oxygen atoms in total. The highest BCUT2D eigenvalue weighted by atomic mass is 16.3. The van der Waals surface area contributed by atoms with E-state index in [1.807, 2.05) is 20.8 Å². The first kappa shape index (κ1) is 13.3. The van der Waals surface area contributed by atoms with Gasteiger partial charge in [-0.15, -0.1) is 0 Å². The standard InChI is InChI=1S/C10H12N2O3.C2H6/c1-5-6(2)15-9-7(5)8(13)11(3)10(14)12(9)4;1-2/h1-4H3;1-2H3. The third-order valence-corrected chi connectivity index (χ3v) is 2.76. The summed E-state index contributed by atoms with van der Waals surface area (Å²) in [4.78, 5) is 23.4. The molecule has 0 saturated heterocycles. The maximum Gasteiger partial charge on any atom is 0.333 e. The quantitative estimate of drug-likeness (QED) is 0.698. The van der Waals surface area contributed by atoms with Crippen LogP contribution < -0.4 is 11.2 Å². The normalized spacial score (nSPS) is 10.2. The summed E-state index contributed by atoms with van der Waals surface area (Å²) >= 11 is 0. The van der Waals surface area contributed by atoms with Gasteiger partial charge in [-0.1, -0.05) is 13.8 Å². The SMILES string of the molecule is CC.Cc1oc2c(c1C)c(=O)n(C)c(=O)n2C. The molecule has 2 aromatic rings. The van der Waals surface area contributed by atoms with Gasteiger partial charge in [0.15, 0.2) is 0 Å². The van der Waals surface area contributed by atoms with Crippen molar-refractivity contribution in [2.75, 3.05) is 0 Å². The van der Waals surface area contributed by atoms with Crippen LogP contribution in [0.5, 0.6) is 0 Å². The number of fused-ring (bicyclic) bond motifs is 1. The fourth-order valence-electron chi connectivity index (χ4n) is 1.66. The van der Waals surface area contributed by atoms with Crippen molar-refractivity contribution in [2.24, 2.45) is 14.1 Å². The first-order chi connectivity index (χ1) is 7.95. The number of nitrogens with zero attached hydrogens (tertiary/aromatic N) is 2. The van der Waals surface area contributed by atoms with Crippen molar-refractivity contribution < 1.29 is 4.42 Å². The molecule has 5 heteroatoms. The summed E-state index contributed by atoms with van der Waals surface area (Å²) in [5.74, 6) is 0.670. The molecule has 0 amide bonds. The lowest BCUT2D eigenvalue weighted by atomic mass is 10.2. The summed E-state index contributed by atoms with van der Waals surface area (Å²) in [6.45, 7) is 7.59. The zero-order valence-corrected chi connectivity index (χ0v) is 11.1. The molecule has 0 atom stereocenters. The lowest BCUT2D eigenvalue weighted by Crippen LogP contribution is -2.36. The predicted octanol–water partition coefficient (Wildman–Crippen LogP) is 1.47. The second-order valence-corrected chi connectivity index (χ2v) is 3.67. The lowest BCUT2D eigenvalue weighted by Gasteiger charge is -2.01. The smallest absolute Gasteiger partial charge is 0.333 e. The molecule has 0 saturated carbocycles. The monoisotopic (exact) mass is 238 g/mol. The van der Waals surface area contributed by atoms with Crippen molar-refractivity contribution >= 4 is 11.1 Å². The van der Waals surface area contributed by atoms with Crippen LogP contribution in [0.2, 0.25) is 0 Å². The summed E-state index contributed by atoms with van der Waals surface area (Å²) in [5, 5.41) is 0.483. The minimum atomic E-state index is -0.374. The van der Waals surface area contributed by atoms with Gasteiger partial charge in [-0.2, -0.15) is 0 Å². The minimum Gasteiger partial charge on any atom is -0.444 e. The molecule has 94 valence electrons. The molecule has 2 aromatic heterocycles. The van der Waals surface area contributed by atoms with E-state index in [4.69, 9.17) is 4.42 Å². The molecule has 0 N–H and O–H groups in total. The molecular formula is C12H18N2O3. The molecule has 0 aromatic carbocycles. The third kappa shape index (κ3) is 1.81. The van der Waals surface area contributed by atoms with E-state index in [1.54, 1.807) is 14.0 Å². The van der Waals surface area contributed by atoms with E-state index >= 15 is 0 Å². The van der Waals surface area contributed by atoms with Crippen LogP contribution in [0, 0.1) is 13.8 Å². The van der Waals surface area contributed by atoms with Crippen LogP contribution in [-0.4, -0.2) is 9.13 Å². The molecular weight excluding hydrogens is 220 g/mol. The number of aryl methyl sites for hydroxylation is 3. The summed E-state index contributed by atoms with van der Waals surface area (Å²) in [7, 11) is 3.05. The van der Waals surface area contributed by atoms with Gasteiger partial charge in [0, 0.05) is 19.7 Å². The second kappa shape index (κ2) is 4.61. The van der Waals surface area contributed by atoms with E-state index in [9.17, 15) is 9.59 Å². The topological polar surface area (TPSA) is 57.1 Å². The van der Waals surface area contributed by atoms with Gasteiger partial charge in [-0.3, -0.25) is 13.9 Å². The van der Waals surface area contributed by atoms with E-state index < -0.39 is 0 Å². The van der Waals surface area contributed by atoms with Crippen molar-refractivity contribution in [3.8, 4) is 0 Å². The van der Waals surface area contributed by atoms with Crippen LogP contribution >= 0.6 is 0 Å². The highest BCUT2D eigenvalue weighted by Crippen LogP contribution is 2.19. The Morgan fingerprint density at radius 2 is 1.53 bits per heavy atom. The first-order valence-electron chi connectivity index (χ1n) is 5.61. The van der Waals surface area contributed by atoms with E-state index in [0.717, 1.165) is 10.1 Å². The van der Waals surface area contributed by atoms with Crippen LogP contribution in [0.15, 0.2) is 14.0 Å². The molecule has 0 aliphatic rings. The maximum atomic E-state index is 11.8. The Labute approximate surface area is 99.3 Å². The number of hydrogen-bond acceptors (Lipinski definition) is 3. The number of hydrogen-bond donors (Lipinski definition) is 0. The van der Waals surface area contributed by atoms with E-state index in [0.29, 0.717) is 16.9 Å². The molecule has 0 fully saturated rings. The fraction of sp³-hybridized carbons (Fsp3) is 0.500.